The van der Waals surface area contributed by atoms with Crippen LogP contribution in [-0.2, 0) is 6.54 Å². The van der Waals surface area contributed by atoms with E-state index in [1.807, 2.05) is 30.3 Å². The maximum Gasteiger partial charge on any atom is 0.322 e. The van der Waals surface area contributed by atoms with Crippen molar-refractivity contribution in [3.05, 3.63) is 42.0 Å². The van der Waals surface area contributed by atoms with Crippen molar-refractivity contribution < 1.29 is 23.5 Å². The van der Waals surface area contributed by atoms with Crippen molar-refractivity contribution in [1.82, 2.24) is 10.1 Å². The van der Waals surface area contributed by atoms with Gasteiger partial charge in [-0.1, -0.05) is 17.3 Å². The number of hydrogen-bond donors (Lipinski definition) is 1. The van der Waals surface area contributed by atoms with Crippen molar-refractivity contribution in [1.29, 1.82) is 0 Å². The summed E-state index contributed by atoms with van der Waals surface area (Å²) in [6.07, 6.45) is 0. The van der Waals surface area contributed by atoms with Crippen molar-refractivity contribution in [2.24, 2.45) is 0 Å². The fraction of sp³-hybridized carbons (Fsp3) is 0.222. The van der Waals surface area contributed by atoms with Gasteiger partial charge < -0.3 is 28.8 Å². The number of para-hydroxylation sites is 1. The Bertz CT molecular complexity index is 925. The lowest BCUT2D eigenvalue weighted by Gasteiger charge is -2.09. The Labute approximate surface area is 149 Å². The van der Waals surface area contributed by atoms with Gasteiger partial charge in [0.05, 0.1) is 19.8 Å². The molecular weight excluding hydrogens is 338 g/mol. The van der Waals surface area contributed by atoms with E-state index in [2.05, 4.69) is 15.5 Å². The average molecular weight is 355 g/mol. The zero-order valence-corrected chi connectivity index (χ0v) is 14.3. The van der Waals surface area contributed by atoms with Crippen molar-refractivity contribution in [2.45, 2.75) is 6.54 Å². The number of rotatable bonds is 6. The first kappa shape index (κ1) is 16.1. The monoisotopic (exact) mass is 355 g/mol. The molecule has 3 aromatic rings. The Hall–Kier alpha value is -3.42. The van der Waals surface area contributed by atoms with Crippen LogP contribution in [0.2, 0.25) is 0 Å². The lowest BCUT2D eigenvalue weighted by atomic mass is 10.2. The van der Waals surface area contributed by atoms with E-state index in [0.29, 0.717) is 35.4 Å². The second-order valence-electron chi connectivity index (χ2n) is 5.51. The highest BCUT2D eigenvalue weighted by molar-refractivity contribution is 5.69. The SMILES string of the molecule is COc1cccc(-c2noc(NCc3ccc4c(c3)OCO4)n2)c1OC. The van der Waals surface area contributed by atoms with E-state index >= 15 is 0 Å². The molecule has 0 saturated carbocycles. The summed E-state index contributed by atoms with van der Waals surface area (Å²) in [5.41, 5.74) is 1.69. The van der Waals surface area contributed by atoms with Gasteiger partial charge in [0.2, 0.25) is 12.6 Å². The van der Waals surface area contributed by atoms with Gasteiger partial charge in [-0.05, 0) is 29.8 Å². The van der Waals surface area contributed by atoms with Crippen molar-refractivity contribution in [3.8, 4) is 34.4 Å². The lowest BCUT2D eigenvalue weighted by Crippen LogP contribution is -1.99. The first-order valence-electron chi connectivity index (χ1n) is 7.96. The van der Waals surface area contributed by atoms with Gasteiger partial charge in [-0.25, -0.2) is 0 Å². The molecule has 0 saturated heterocycles. The Kier molecular flexibility index (Phi) is 4.22. The molecule has 1 aliphatic rings. The third-order valence-electron chi connectivity index (χ3n) is 3.95. The van der Waals surface area contributed by atoms with E-state index in [1.165, 1.54) is 0 Å². The van der Waals surface area contributed by atoms with E-state index in [9.17, 15) is 0 Å². The van der Waals surface area contributed by atoms with Gasteiger partial charge in [0, 0.05) is 6.54 Å². The molecule has 134 valence electrons. The van der Waals surface area contributed by atoms with Crippen LogP contribution < -0.4 is 24.3 Å². The second kappa shape index (κ2) is 6.83. The minimum absolute atomic E-state index is 0.252. The molecule has 0 atom stereocenters. The van der Waals surface area contributed by atoms with Crippen LogP contribution in [0.25, 0.3) is 11.4 Å². The Balaban J connectivity index is 1.50. The molecule has 1 aromatic heterocycles. The average Bonchev–Trinajstić information content (AvgIpc) is 3.34. The summed E-state index contributed by atoms with van der Waals surface area (Å²) in [6.45, 7) is 0.759. The summed E-state index contributed by atoms with van der Waals surface area (Å²) in [5.74, 6) is 3.05. The highest BCUT2D eigenvalue weighted by Crippen LogP contribution is 2.37. The van der Waals surface area contributed by atoms with Crippen LogP contribution in [-0.4, -0.2) is 31.2 Å². The van der Waals surface area contributed by atoms with Crippen LogP contribution in [0.1, 0.15) is 5.56 Å². The number of nitrogens with zero attached hydrogens (tertiary/aromatic N) is 2. The van der Waals surface area contributed by atoms with Crippen LogP contribution in [0.4, 0.5) is 6.01 Å². The van der Waals surface area contributed by atoms with Gasteiger partial charge in [0.15, 0.2) is 23.0 Å². The van der Waals surface area contributed by atoms with Crippen molar-refractivity contribution in [2.75, 3.05) is 26.3 Å². The molecule has 2 aromatic carbocycles. The van der Waals surface area contributed by atoms with Gasteiger partial charge in [-0.2, -0.15) is 4.98 Å². The first-order chi connectivity index (χ1) is 12.8. The summed E-state index contributed by atoms with van der Waals surface area (Å²) >= 11 is 0. The molecule has 0 fully saturated rings. The molecule has 0 radical (unpaired) electrons. The number of benzene rings is 2. The molecule has 8 nitrogen and oxygen atoms in total. The van der Waals surface area contributed by atoms with Gasteiger partial charge in [-0.3, -0.25) is 0 Å². The highest BCUT2D eigenvalue weighted by Gasteiger charge is 2.17. The summed E-state index contributed by atoms with van der Waals surface area (Å²) < 4.78 is 26.7. The summed E-state index contributed by atoms with van der Waals surface area (Å²) in [7, 11) is 3.15. The molecule has 0 spiro atoms. The van der Waals surface area contributed by atoms with Crippen molar-refractivity contribution in [3.63, 3.8) is 0 Å². The van der Waals surface area contributed by atoms with Gasteiger partial charge in [-0.15, -0.1) is 0 Å². The van der Waals surface area contributed by atoms with Gasteiger partial charge in [0.1, 0.15) is 0 Å². The molecule has 1 aliphatic heterocycles. The zero-order valence-electron chi connectivity index (χ0n) is 14.3. The molecule has 0 aliphatic carbocycles. The maximum atomic E-state index is 5.41. The Morgan fingerprint density at radius 1 is 1.08 bits per heavy atom. The van der Waals surface area contributed by atoms with E-state index < -0.39 is 0 Å². The smallest absolute Gasteiger partial charge is 0.322 e. The molecule has 26 heavy (non-hydrogen) atoms. The second-order valence-corrected chi connectivity index (χ2v) is 5.51. The number of hydrogen-bond acceptors (Lipinski definition) is 8. The summed E-state index contributed by atoms with van der Waals surface area (Å²) in [6, 6.07) is 11.5. The van der Waals surface area contributed by atoms with Crippen LogP contribution in [0.15, 0.2) is 40.9 Å². The minimum Gasteiger partial charge on any atom is -0.493 e. The third kappa shape index (κ3) is 2.97. The number of ether oxygens (including phenoxy) is 4. The van der Waals surface area contributed by atoms with E-state index in [-0.39, 0.29) is 6.79 Å². The number of methoxy groups -OCH3 is 2. The van der Waals surface area contributed by atoms with E-state index in [1.54, 1.807) is 20.3 Å². The number of anilines is 1. The molecule has 1 N–H and O–H groups in total. The highest BCUT2D eigenvalue weighted by atomic mass is 16.7. The molecule has 0 unspecified atom stereocenters. The predicted molar refractivity (Wildman–Crippen MR) is 92.7 cm³/mol. The van der Waals surface area contributed by atoms with Crippen LogP contribution >= 0.6 is 0 Å². The molecule has 4 rings (SSSR count). The standard InChI is InChI=1S/C18H17N3O5/c1-22-14-5-3-4-12(16(14)23-2)17-20-18(26-21-17)19-9-11-6-7-13-15(8-11)25-10-24-13/h3-8H,9-10H2,1-2H3,(H,19,20,21). The maximum absolute atomic E-state index is 5.41. The fourth-order valence-electron chi connectivity index (χ4n) is 2.70. The summed E-state index contributed by atoms with van der Waals surface area (Å²) in [4.78, 5) is 4.37. The van der Waals surface area contributed by atoms with E-state index in [0.717, 1.165) is 17.1 Å². The largest absolute Gasteiger partial charge is 0.493 e. The Morgan fingerprint density at radius 3 is 2.81 bits per heavy atom. The zero-order chi connectivity index (χ0) is 17.9. The summed E-state index contributed by atoms with van der Waals surface area (Å²) in [5, 5.41) is 7.11. The predicted octanol–water partition coefficient (Wildman–Crippen LogP) is 3.09. The fourth-order valence-corrected chi connectivity index (χ4v) is 2.70. The lowest BCUT2D eigenvalue weighted by molar-refractivity contribution is 0.174. The quantitative estimate of drug-likeness (QED) is 0.722. The van der Waals surface area contributed by atoms with Crippen molar-refractivity contribution >= 4 is 6.01 Å². The molecular formula is C18H17N3O5. The number of fused-ring (bicyclic) bond motifs is 1. The molecule has 8 heteroatoms. The topological polar surface area (TPSA) is 87.9 Å². The van der Waals surface area contributed by atoms with Crippen LogP contribution in [0.3, 0.4) is 0 Å². The third-order valence-corrected chi connectivity index (χ3v) is 3.95. The Morgan fingerprint density at radius 2 is 1.96 bits per heavy atom. The molecule has 0 amide bonds. The molecule has 0 bridgehead atoms. The van der Waals surface area contributed by atoms with Gasteiger partial charge in [0.25, 0.3) is 0 Å². The van der Waals surface area contributed by atoms with Gasteiger partial charge >= 0.3 is 6.01 Å². The minimum atomic E-state index is 0.252. The molecule has 2 heterocycles. The number of aromatic nitrogens is 2. The van der Waals surface area contributed by atoms with E-state index in [4.69, 9.17) is 23.5 Å². The van der Waals surface area contributed by atoms with Crippen LogP contribution in [0, 0.1) is 0 Å². The number of nitrogens with one attached hydrogen (secondary N) is 1. The normalized spacial score (nSPS) is 12.1. The van der Waals surface area contributed by atoms with Crippen LogP contribution in [0.5, 0.6) is 23.0 Å². The first-order valence-corrected chi connectivity index (χ1v) is 7.96.